The highest BCUT2D eigenvalue weighted by atomic mass is 79.9. The summed E-state index contributed by atoms with van der Waals surface area (Å²) >= 11 is 7.06. The number of benzene rings is 1. The van der Waals surface area contributed by atoms with Crippen LogP contribution in [0.4, 0.5) is 5.69 Å². The van der Waals surface area contributed by atoms with Crippen LogP contribution in [0.25, 0.3) is 0 Å². The van der Waals surface area contributed by atoms with Crippen molar-refractivity contribution in [3.63, 3.8) is 0 Å². The molecule has 1 heterocycles. The number of hydrogen-bond donors (Lipinski definition) is 2. The Labute approximate surface area is 124 Å². The Kier molecular flexibility index (Phi) is 4.12. The van der Waals surface area contributed by atoms with Gasteiger partial charge in [-0.15, -0.1) is 0 Å². The summed E-state index contributed by atoms with van der Waals surface area (Å²) in [7, 11) is 0. The Morgan fingerprint density at radius 1 is 1.28 bits per heavy atom. The normalized spacial score (nSPS) is 12.5. The molecule has 96 valence electrons. The summed E-state index contributed by atoms with van der Waals surface area (Å²) in [5, 5.41) is 10.7. The predicted molar refractivity (Wildman–Crippen MR) is 81.9 cm³/mol. The number of aryl methyl sites for hydroxylation is 2. The van der Waals surface area contributed by atoms with E-state index in [0.29, 0.717) is 0 Å². The smallest absolute Gasteiger partial charge is 0.0825 e. The van der Waals surface area contributed by atoms with E-state index in [4.69, 9.17) is 0 Å². The van der Waals surface area contributed by atoms with E-state index in [9.17, 15) is 0 Å². The highest BCUT2D eigenvalue weighted by Gasteiger charge is 2.13. The zero-order valence-corrected chi connectivity index (χ0v) is 13.7. The molecule has 0 aliphatic heterocycles. The van der Waals surface area contributed by atoms with Crippen molar-refractivity contribution in [1.29, 1.82) is 0 Å². The molecule has 1 aromatic heterocycles. The molecule has 5 heteroatoms. The van der Waals surface area contributed by atoms with Crippen molar-refractivity contribution < 1.29 is 0 Å². The van der Waals surface area contributed by atoms with Gasteiger partial charge in [0.2, 0.25) is 0 Å². The van der Waals surface area contributed by atoms with Crippen molar-refractivity contribution in [3.05, 3.63) is 44.1 Å². The fourth-order valence-corrected chi connectivity index (χ4v) is 3.30. The topological polar surface area (TPSA) is 40.7 Å². The Hall–Kier alpha value is -0.810. The lowest BCUT2D eigenvalue weighted by molar-refractivity contribution is 0.874. The van der Waals surface area contributed by atoms with Gasteiger partial charge >= 0.3 is 0 Å². The van der Waals surface area contributed by atoms with E-state index in [1.165, 1.54) is 5.56 Å². The maximum atomic E-state index is 4.19. The summed E-state index contributed by atoms with van der Waals surface area (Å²) in [5.74, 6) is 0. The molecule has 3 nitrogen and oxygen atoms in total. The Morgan fingerprint density at radius 2 is 2.00 bits per heavy atom. The molecular formula is C13H15Br2N3. The van der Waals surface area contributed by atoms with Gasteiger partial charge in [-0.1, -0.05) is 37.9 Å². The SMILES string of the molecule is Cc1n[nH]c(C)c1NC(C)c1ccc(Br)cc1Br. The number of H-pyrrole nitrogens is 1. The van der Waals surface area contributed by atoms with Crippen molar-refractivity contribution in [2.24, 2.45) is 0 Å². The highest BCUT2D eigenvalue weighted by molar-refractivity contribution is 9.11. The molecule has 0 aliphatic rings. The average molecular weight is 373 g/mol. The summed E-state index contributed by atoms with van der Waals surface area (Å²) in [5.41, 5.74) is 4.36. The van der Waals surface area contributed by atoms with Crippen molar-refractivity contribution in [2.75, 3.05) is 5.32 Å². The molecule has 0 fully saturated rings. The molecule has 0 aliphatic carbocycles. The minimum absolute atomic E-state index is 0.211. The Balaban J connectivity index is 2.24. The summed E-state index contributed by atoms with van der Waals surface area (Å²) in [6, 6.07) is 6.43. The quantitative estimate of drug-likeness (QED) is 0.817. The molecule has 0 radical (unpaired) electrons. The van der Waals surface area contributed by atoms with Gasteiger partial charge in [0, 0.05) is 15.0 Å². The van der Waals surface area contributed by atoms with Gasteiger partial charge in [0.15, 0.2) is 0 Å². The van der Waals surface area contributed by atoms with E-state index in [0.717, 1.165) is 26.0 Å². The molecule has 1 unspecified atom stereocenters. The third-order valence-electron chi connectivity index (χ3n) is 2.92. The first kappa shape index (κ1) is 13.6. The summed E-state index contributed by atoms with van der Waals surface area (Å²) in [4.78, 5) is 0. The number of aromatic amines is 1. The summed E-state index contributed by atoms with van der Waals surface area (Å²) < 4.78 is 2.16. The van der Waals surface area contributed by atoms with Gasteiger partial charge in [-0.25, -0.2) is 0 Å². The van der Waals surface area contributed by atoms with Crippen molar-refractivity contribution in [2.45, 2.75) is 26.8 Å². The van der Waals surface area contributed by atoms with Crippen LogP contribution < -0.4 is 5.32 Å². The minimum Gasteiger partial charge on any atom is -0.376 e. The molecule has 0 saturated carbocycles. The van der Waals surface area contributed by atoms with Gasteiger partial charge in [0.25, 0.3) is 0 Å². The zero-order chi connectivity index (χ0) is 13.3. The van der Waals surface area contributed by atoms with Crippen LogP contribution in [-0.2, 0) is 0 Å². The van der Waals surface area contributed by atoms with Gasteiger partial charge in [0.1, 0.15) is 0 Å². The fourth-order valence-electron chi connectivity index (χ4n) is 1.91. The molecule has 1 atom stereocenters. The number of nitrogens with zero attached hydrogens (tertiary/aromatic N) is 1. The molecule has 1 aromatic carbocycles. The average Bonchev–Trinajstić information content (AvgIpc) is 2.60. The number of hydrogen-bond acceptors (Lipinski definition) is 2. The van der Waals surface area contributed by atoms with E-state index in [1.54, 1.807) is 0 Å². The first-order chi connectivity index (χ1) is 8.49. The second-order valence-corrected chi connectivity index (χ2v) is 6.11. The van der Waals surface area contributed by atoms with E-state index >= 15 is 0 Å². The minimum atomic E-state index is 0.211. The molecule has 2 N–H and O–H groups in total. The van der Waals surface area contributed by atoms with Crippen LogP contribution in [0.1, 0.15) is 29.9 Å². The molecule has 18 heavy (non-hydrogen) atoms. The molecule has 2 rings (SSSR count). The second-order valence-electron chi connectivity index (χ2n) is 4.34. The van der Waals surface area contributed by atoms with Gasteiger partial charge in [-0.3, -0.25) is 5.10 Å². The largest absolute Gasteiger partial charge is 0.376 e. The van der Waals surface area contributed by atoms with Crippen LogP contribution in [0.15, 0.2) is 27.1 Å². The monoisotopic (exact) mass is 371 g/mol. The van der Waals surface area contributed by atoms with Gasteiger partial charge in [-0.2, -0.15) is 5.10 Å². The van der Waals surface area contributed by atoms with Crippen LogP contribution in [0.2, 0.25) is 0 Å². The van der Waals surface area contributed by atoms with Crippen LogP contribution >= 0.6 is 31.9 Å². The third kappa shape index (κ3) is 2.78. The molecule has 0 bridgehead atoms. The highest BCUT2D eigenvalue weighted by Crippen LogP contribution is 2.30. The van der Waals surface area contributed by atoms with E-state index < -0.39 is 0 Å². The number of aromatic nitrogens is 2. The number of nitrogens with one attached hydrogen (secondary N) is 2. The first-order valence-corrected chi connectivity index (χ1v) is 7.30. The standard InChI is InChI=1S/C13H15Br2N3/c1-7(11-5-4-10(14)6-12(11)15)16-13-8(2)17-18-9(13)3/h4-7,16H,1-3H3,(H,17,18). The van der Waals surface area contributed by atoms with Crippen LogP contribution in [0, 0.1) is 13.8 Å². The zero-order valence-electron chi connectivity index (χ0n) is 10.5. The number of halogens is 2. The van der Waals surface area contributed by atoms with E-state index in [-0.39, 0.29) is 6.04 Å². The van der Waals surface area contributed by atoms with Crippen LogP contribution in [0.5, 0.6) is 0 Å². The fraction of sp³-hybridized carbons (Fsp3) is 0.308. The van der Waals surface area contributed by atoms with Crippen LogP contribution in [-0.4, -0.2) is 10.2 Å². The second kappa shape index (κ2) is 5.45. The first-order valence-electron chi connectivity index (χ1n) is 5.72. The molecular weight excluding hydrogens is 358 g/mol. The number of anilines is 1. The maximum Gasteiger partial charge on any atom is 0.0825 e. The van der Waals surface area contributed by atoms with Crippen molar-refractivity contribution in [1.82, 2.24) is 10.2 Å². The van der Waals surface area contributed by atoms with Gasteiger partial charge < -0.3 is 5.32 Å². The third-order valence-corrected chi connectivity index (χ3v) is 4.10. The lowest BCUT2D eigenvalue weighted by Crippen LogP contribution is -2.08. The summed E-state index contributed by atoms with van der Waals surface area (Å²) in [6.07, 6.45) is 0. The molecule has 0 saturated heterocycles. The van der Waals surface area contributed by atoms with Crippen LogP contribution in [0.3, 0.4) is 0 Å². The van der Waals surface area contributed by atoms with E-state index in [1.807, 2.05) is 19.9 Å². The molecule has 0 spiro atoms. The van der Waals surface area contributed by atoms with Gasteiger partial charge in [0.05, 0.1) is 17.1 Å². The maximum absolute atomic E-state index is 4.19. The molecule has 2 aromatic rings. The summed E-state index contributed by atoms with van der Waals surface area (Å²) in [6.45, 7) is 6.15. The lowest BCUT2D eigenvalue weighted by Gasteiger charge is -2.17. The Bertz CT molecular complexity index is 544. The predicted octanol–water partition coefficient (Wildman–Crippen LogP) is 4.72. The van der Waals surface area contributed by atoms with Gasteiger partial charge in [-0.05, 0) is 38.5 Å². The Morgan fingerprint density at radius 3 is 2.56 bits per heavy atom. The number of rotatable bonds is 3. The van der Waals surface area contributed by atoms with E-state index in [2.05, 4.69) is 66.4 Å². The lowest BCUT2D eigenvalue weighted by atomic mass is 10.1. The molecule has 0 amide bonds. The van der Waals surface area contributed by atoms with Crippen molar-refractivity contribution >= 4 is 37.5 Å². The van der Waals surface area contributed by atoms with Crippen molar-refractivity contribution in [3.8, 4) is 0 Å².